The minimum atomic E-state index is 0.0835. The summed E-state index contributed by atoms with van der Waals surface area (Å²) in [4.78, 5) is 5.24. The number of benzene rings is 7. The Morgan fingerprint density at radius 1 is 0.452 bits per heavy atom. The zero-order valence-corrected chi connectivity index (χ0v) is 24.1. The second-order valence-electron chi connectivity index (χ2n) is 12.5. The third-order valence-corrected chi connectivity index (χ3v) is 8.74. The maximum Gasteiger partial charge on any atom is 0.0716 e. The first-order chi connectivity index (χ1) is 20.4. The van der Waals surface area contributed by atoms with Crippen molar-refractivity contribution in [3.05, 3.63) is 139 Å². The Morgan fingerprint density at radius 3 is 1.74 bits per heavy atom. The van der Waals surface area contributed by atoms with E-state index < -0.39 is 0 Å². The van der Waals surface area contributed by atoms with Gasteiger partial charge in [-0.05, 0) is 89.8 Å². The number of aromatic nitrogens is 1. The lowest BCUT2D eigenvalue weighted by molar-refractivity contribution is 0.591. The Kier molecular flexibility index (Phi) is 5.46. The highest BCUT2D eigenvalue weighted by Gasteiger charge is 2.20. The highest BCUT2D eigenvalue weighted by Crippen LogP contribution is 2.45. The zero-order chi connectivity index (χ0) is 28.4. The van der Waals surface area contributed by atoms with Gasteiger partial charge in [0.15, 0.2) is 0 Å². The van der Waals surface area contributed by atoms with E-state index in [0.717, 1.165) is 16.6 Å². The zero-order valence-electron chi connectivity index (χ0n) is 24.1. The van der Waals surface area contributed by atoms with Gasteiger partial charge in [-0.15, -0.1) is 0 Å². The molecule has 0 saturated carbocycles. The molecule has 0 aliphatic rings. The molecular formula is C41H31N. The van der Waals surface area contributed by atoms with Crippen molar-refractivity contribution < 1.29 is 0 Å². The molecule has 1 heterocycles. The van der Waals surface area contributed by atoms with Gasteiger partial charge in [0.2, 0.25) is 0 Å². The summed E-state index contributed by atoms with van der Waals surface area (Å²) in [5, 5.41) is 8.94. The molecule has 0 aliphatic carbocycles. The van der Waals surface area contributed by atoms with Crippen molar-refractivity contribution in [3.63, 3.8) is 0 Å². The van der Waals surface area contributed by atoms with Crippen LogP contribution in [0.5, 0.6) is 0 Å². The third kappa shape index (κ3) is 3.96. The van der Waals surface area contributed by atoms with Gasteiger partial charge in [-0.1, -0.05) is 130 Å². The molecule has 200 valence electrons. The smallest absolute Gasteiger partial charge is 0.0716 e. The van der Waals surface area contributed by atoms with Crippen LogP contribution < -0.4 is 0 Å². The van der Waals surface area contributed by atoms with Crippen LogP contribution in [-0.2, 0) is 5.41 Å². The largest absolute Gasteiger partial charge is 0.248 e. The predicted molar refractivity (Wildman–Crippen MR) is 180 cm³/mol. The Morgan fingerprint density at radius 2 is 1.07 bits per heavy atom. The van der Waals surface area contributed by atoms with E-state index in [9.17, 15) is 0 Å². The van der Waals surface area contributed by atoms with Gasteiger partial charge in [0, 0.05) is 10.9 Å². The summed E-state index contributed by atoms with van der Waals surface area (Å²) in [7, 11) is 0. The first-order valence-corrected chi connectivity index (χ1v) is 14.7. The van der Waals surface area contributed by atoms with Crippen molar-refractivity contribution in [1.29, 1.82) is 0 Å². The molecule has 8 aromatic rings. The number of hydrogen-bond donors (Lipinski definition) is 0. The van der Waals surface area contributed by atoms with Gasteiger partial charge >= 0.3 is 0 Å². The predicted octanol–water partition coefficient (Wildman–Crippen LogP) is 11.4. The van der Waals surface area contributed by atoms with Gasteiger partial charge < -0.3 is 0 Å². The van der Waals surface area contributed by atoms with Crippen LogP contribution in [0, 0.1) is 0 Å². The van der Waals surface area contributed by atoms with Crippen LogP contribution in [0.25, 0.3) is 76.7 Å². The average Bonchev–Trinajstić information content (AvgIpc) is 3.03. The van der Waals surface area contributed by atoms with Crippen LogP contribution in [0.3, 0.4) is 0 Å². The SMILES string of the molecule is CC(C)(C)c1cc2ccc3c(-c4ccccc4)cc(-c4ccc5cc(-c6ccccc6)ccc5n4)c4ccc(c1)c2c34. The number of rotatable bonds is 3. The summed E-state index contributed by atoms with van der Waals surface area (Å²) >= 11 is 0. The normalized spacial score (nSPS) is 12.2. The van der Waals surface area contributed by atoms with Gasteiger partial charge in [-0.25, -0.2) is 4.98 Å². The van der Waals surface area contributed by atoms with Gasteiger partial charge in [-0.3, -0.25) is 0 Å². The van der Waals surface area contributed by atoms with Crippen molar-refractivity contribution in [2.24, 2.45) is 0 Å². The molecule has 0 saturated heterocycles. The fourth-order valence-electron chi connectivity index (χ4n) is 6.50. The van der Waals surface area contributed by atoms with E-state index in [1.165, 1.54) is 65.7 Å². The van der Waals surface area contributed by atoms with Crippen molar-refractivity contribution in [1.82, 2.24) is 4.98 Å². The molecule has 7 aromatic carbocycles. The van der Waals surface area contributed by atoms with Gasteiger partial charge in [0.1, 0.15) is 0 Å². The molecule has 1 nitrogen and oxygen atoms in total. The number of hydrogen-bond acceptors (Lipinski definition) is 1. The second kappa shape index (κ2) is 9.26. The van der Waals surface area contributed by atoms with E-state index in [1.54, 1.807) is 0 Å². The quantitative estimate of drug-likeness (QED) is 0.204. The first kappa shape index (κ1) is 24.8. The summed E-state index contributed by atoms with van der Waals surface area (Å²) in [5.41, 5.74) is 9.52. The summed E-state index contributed by atoms with van der Waals surface area (Å²) in [6, 6.07) is 48.7. The first-order valence-electron chi connectivity index (χ1n) is 14.7. The maximum atomic E-state index is 5.24. The van der Waals surface area contributed by atoms with Crippen LogP contribution in [0.1, 0.15) is 26.3 Å². The molecule has 1 aromatic heterocycles. The molecule has 0 bridgehead atoms. The minimum absolute atomic E-state index is 0.0835. The molecule has 0 N–H and O–H groups in total. The summed E-state index contributed by atoms with van der Waals surface area (Å²) in [5.74, 6) is 0. The lowest BCUT2D eigenvalue weighted by Gasteiger charge is -2.22. The molecular weight excluding hydrogens is 506 g/mol. The monoisotopic (exact) mass is 537 g/mol. The van der Waals surface area contributed by atoms with Crippen LogP contribution >= 0.6 is 0 Å². The summed E-state index contributed by atoms with van der Waals surface area (Å²) < 4.78 is 0. The summed E-state index contributed by atoms with van der Waals surface area (Å²) in [6.07, 6.45) is 0. The molecule has 0 spiro atoms. The van der Waals surface area contributed by atoms with Gasteiger partial charge in [0.05, 0.1) is 11.2 Å². The van der Waals surface area contributed by atoms with E-state index in [4.69, 9.17) is 4.98 Å². The highest BCUT2D eigenvalue weighted by molar-refractivity contribution is 6.28. The van der Waals surface area contributed by atoms with Crippen LogP contribution in [0.4, 0.5) is 0 Å². The highest BCUT2D eigenvalue weighted by atomic mass is 14.7. The third-order valence-electron chi connectivity index (χ3n) is 8.74. The van der Waals surface area contributed by atoms with E-state index in [1.807, 2.05) is 0 Å². The lowest BCUT2D eigenvalue weighted by Crippen LogP contribution is -2.10. The van der Waals surface area contributed by atoms with Crippen LogP contribution in [-0.4, -0.2) is 4.98 Å². The summed E-state index contributed by atoms with van der Waals surface area (Å²) in [6.45, 7) is 6.87. The van der Waals surface area contributed by atoms with Crippen molar-refractivity contribution >= 4 is 43.2 Å². The fourth-order valence-corrected chi connectivity index (χ4v) is 6.50. The molecule has 8 rings (SSSR count). The van der Waals surface area contributed by atoms with Crippen molar-refractivity contribution in [2.45, 2.75) is 26.2 Å². The lowest BCUT2D eigenvalue weighted by atomic mass is 9.82. The molecule has 0 fully saturated rings. The number of nitrogens with zero attached hydrogens (tertiary/aromatic N) is 1. The standard InChI is InChI=1S/C41H31N/c1-41(2,3)32-23-30-14-18-33-35(27-12-8-5-9-13-27)25-36(34-19-15-31(24-32)39(30)40(33)34)38-21-17-29-22-28(16-20-37(29)42-38)26-10-6-4-7-11-26/h4-25H,1-3H3. The van der Waals surface area contributed by atoms with Crippen molar-refractivity contribution in [3.8, 4) is 33.5 Å². The minimum Gasteiger partial charge on any atom is -0.248 e. The average molecular weight is 538 g/mol. The fraction of sp³-hybridized carbons (Fsp3) is 0.0976. The topological polar surface area (TPSA) is 12.9 Å². The molecule has 0 unspecified atom stereocenters. The molecule has 1 heteroatoms. The van der Waals surface area contributed by atoms with E-state index in [2.05, 4.69) is 154 Å². The van der Waals surface area contributed by atoms with E-state index in [0.29, 0.717) is 0 Å². The van der Waals surface area contributed by atoms with E-state index >= 15 is 0 Å². The van der Waals surface area contributed by atoms with Crippen LogP contribution in [0.15, 0.2) is 133 Å². The van der Waals surface area contributed by atoms with Gasteiger partial charge in [0.25, 0.3) is 0 Å². The molecule has 0 amide bonds. The molecule has 42 heavy (non-hydrogen) atoms. The van der Waals surface area contributed by atoms with Gasteiger partial charge in [-0.2, -0.15) is 0 Å². The molecule has 0 radical (unpaired) electrons. The Bertz CT molecular complexity index is 2240. The van der Waals surface area contributed by atoms with E-state index in [-0.39, 0.29) is 5.41 Å². The Labute approximate surface area is 246 Å². The molecule has 0 aliphatic heterocycles. The van der Waals surface area contributed by atoms with Crippen LogP contribution in [0.2, 0.25) is 0 Å². The van der Waals surface area contributed by atoms with Crippen molar-refractivity contribution in [2.75, 3.05) is 0 Å². The second-order valence-corrected chi connectivity index (χ2v) is 12.5. The number of pyridine rings is 1. The number of fused-ring (bicyclic) bond motifs is 1. The molecule has 0 atom stereocenters. The Hall–Kier alpha value is -5.01. The maximum absolute atomic E-state index is 5.24. The Balaban J connectivity index is 1.40.